The lowest BCUT2D eigenvalue weighted by molar-refractivity contribution is -0.131. The molecule has 0 aliphatic rings. The normalized spacial score (nSPS) is 13.6. The predicted molar refractivity (Wildman–Crippen MR) is 126 cm³/mol. The smallest absolute Gasteiger partial charge is 0.242 e. The van der Waals surface area contributed by atoms with Gasteiger partial charge in [0, 0.05) is 39.1 Å². The van der Waals surface area contributed by atoms with Gasteiger partial charge in [0.25, 0.3) is 0 Å². The van der Waals surface area contributed by atoms with Gasteiger partial charge in [-0.25, -0.2) is 0 Å². The zero-order valence-electron chi connectivity index (χ0n) is 19.7. The molecular weight excluding hydrogens is 430 g/mol. The summed E-state index contributed by atoms with van der Waals surface area (Å²) in [5.74, 6) is -0.659. The average molecular weight is 466 g/mol. The number of carbonyl (C=O) groups is 4. The summed E-state index contributed by atoms with van der Waals surface area (Å²) in [5, 5.41) is 7.32. The molecule has 3 amide bonds. The predicted octanol–water partition coefficient (Wildman–Crippen LogP) is 1.92. The molecular formula is C23H35N3O5S. The third-order valence-corrected chi connectivity index (χ3v) is 6.10. The van der Waals surface area contributed by atoms with Gasteiger partial charge in [0.15, 0.2) is 5.12 Å². The van der Waals surface area contributed by atoms with E-state index in [2.05, 4.69) is 16.0 Å². The van der Waals surface area contributed by atoms with Crippen LogP contribution >= 0.6 is 11.8 Å². The highest BCUT2D eigenvalue weighted by molar-refractivity contribution is 8.14. The highest BCUT2D eigenvalue weighted by atomic mass is 32.2. The monoisotopic (exact) mass is 465 g/mol. The number of benzene rings is 1. The van der Waals surface area contributed by atoms with Gasteiger partial charge in [0.2, 0.25) is 17.7 Å². The Morgan fingerprint density at radius 3 is 2.09 bits per heavy atom. The van der Waals surface area contributed by atoms with Gasteiger partial charge in [0.1, 0.15) is 11.8 Å². The van der Waals surface area contributed by atoms with Crippen molar-refractivity contribution in [2.24, 2.45) is 11.8 Å². The highest BCUT2D eigenvalue weighted by Crippen LogP contribution is 2.29. The molecule has 178 valence electrons. The molecule has 0 bridgehead atoms. The molecule has 0 radical (unpaired) electrons. The number of ether oxygens (including phenoxy) is 1. The summed E-state index contributed by atoms with van der Waals surface area (Å²) in [5.41, 5.74) is 0.861. The quantitative estimate of drug-likeness (QED) is 0.435. The fourth-order valence-electron chi connectivity index (χ4n) is 3.36. The Kier molecular flexibility index (Phi) is 11.8. The molecule has 0 spiro atoms. The van der Waals surface area contributed by atoms with Crippen LogP contribution < -0.4 is 20.7 Å². The molecule has 0 saturated carbocycles. The lowest BCUT2D eigenvalue weighted by Crippen LogP contribution is -2.50. The molecule has 0 fully saturated rings. The van der Waals surface area contributed by atoms with E-state index >= 15 is 0 Å². The number of carbonyl (C=O) groups excluding carboxylic acids is 4. The van der Waals surface area contributed by atoms with Crippen LogP contribution in [0.15, 0.2) is 24.3 Å². The van der Waals surface area contributed by atoms with E-state index in [-0.39, 0.29) is 35.2 Å². The number of thioether (sulfide) groups is 1. The zero-order chi connectivity index (χ0) is 24.3. The van der Waals surface area contributed by atoms with Crippen LogP contribution in [0.2, 0.25) is 0 Å². The molecule has 8 nitrogen and oxygen atoms in total. The third-order valence-electron chi connectivity index (χ3n) is 4.97. The Bertz CT molecular complexity index is 782. The topological polar surface area (TPSA) is 114 Å². The van der Waals surface area contributed by atoms with Crippen molar-refractivity contribution in [1.82, 2.24) is 16.0 Å². The van der Waals surface area contributed by atoms with Gasteiger partial charge in [-0.15, -0.1) is 0 Å². The van der Waals surface area contributed by atoms with Gasteiger partial charge in [-0.3, -0.25) is 19.2 Å². The molecule has 0 saturated heterocycles. The van der Waals surface area contributed by atoms with E-state index in [9.17, 15) is 19.2 Å². The number of likely N-dealkylation sites (N-methyl/N-ethyl adjacent to an activating group) is 1. The Balaban J connectivity index is 3.12. The van der Waals surface area contributed by atoms with Crippen molar-refractivity contribution in [3.63, 3.8) is 0 Å². The van der Waals surface area contributed by atoms with Crippen LogP contribution in [0.1, 0.15) is 39.2 Å². The molecule has 0 aromatic heterocycles. The van der Waals surface area contributed by atoms with Crippen LogP contribution in [-0.2, 0) is 25.6 Å². The first kappa shape index (κ1) is 27.5. The second kappa shape index (κ2) is 13.8. The summed E-state index contributed by atoms with van der Waals surface area (Å²) in [4.78, 5) is 49.7. The number of methoxy groups -OCH3 is 1. The summed E-state index contributed by atoms with van der Waals surface area (Å²) in [6, 6.07) is 6.47. The van der Waals surface area contributed by atoms with E-state index in [1.807, 2.05) is 26.0 Å². The maximum atomic E-state index is 13.3. The van der Waals surface area contributed by atoms with Crippen molar-refractivity contribution in [3.8, 4) is 5.75 Å². The standard InChI is InChI=1S/C23H35N3O5S/c1-14(2)11-18(20(32-15(3)27)13-21(28)24-4)22(29)26-19(23(30)25-5)12-16-7-9-17(31-6)10-8-16/h7-10,14,18-20H,11-13H2,1-6H3,(H,24,28)(H,25,30)(H,26,29)/t18-,19+,20+/m1/s1. The van der Waals surface area contributed by atoms with E-state index < -0.39 is 17.2 Å². The first-order valence-corrected chi connectivity index (χ1v) is 11.5. The molecule has 9 heteroatoms. The van der Waals surface area contributed by atoms with E-state index in [1.54, 1.807) is 19.2 Å². The van der Waals surface area contributed by atoms with Gasteiger partial charge in [0.05, 0.1) is 13.0 Å². The molecule has 3 atom stereocenters. The molecule has 0 aliphatic carbocycles. The highest BCUT2D eigenvalue weighted by Gasteiger charge is 2.34. The van der Waals surface area contributed by atoms with Crippen molar-refractivity contribution in [1.29, 1.82) is 0 Å². The van der Waals surface area contributed by atoms with Gasteiger partial charge in [-0.05, 0) is 30.0 Å². The van der Waals surface area contributed by atoms with Gasteiger partial charge in [-0.2, -0.15) is 0 Å². The molecule has 0 heterocycles. The molecule has 0 unspecified atom stereocenters. The molecule has 32 heavy (non-hydrogen) atoms. The number of hydrogen-bond acceptors (Lipinski definition) is 6. The lowest BCUT2D eigenvalue weighted by atomic mass is 9.90. The Labute approximate surface area is 194 Å². The van der Waals surface area contributed by atoms with E-state index in [0.29, 0.717) is 18.6 Å². The minimum absolute atomic E-state index is 0.0364. The Hall–Kier alpha value is -2.55. The zero-order valence-corrected chi connectivity index (χ0v) is 20.5. The molecule has 0 aliphatic heterocycles. The summed E-state index contributed by atoms with van der Waals surface area (Å²) in [7, 11) is 4.61. The first-order chi connectivity index (χ1) is 15.1. The minimum atomic E-state index is -0.793. The summed E-state index contributed by atoms with van der Waals surface area (Å²) < 4.78 is 5.16. The van der Waals surface area contributed by atoms with Crippen LogP contribution in [0.3, 0.4) is 0 Å². The second-order valence-electron chi connectivity index (χ2n) is 7.99. The lowest BCUT2D eigenvalue weighted by Gasteiger charge is -2.28. The Morgan fingerprint density at radius 2 is 1.62 bits per heavy atom. The third kappa shape index (κ3) is 9.30. The number of nitrogens with one attached hydrogen (secondary N) is 3. The maximum Gasteiger partial charge on any atom is 0.242 e. The second-order valence-corrected chi connectivity index (χ2v) is 9.40. The fraction of sp³-hybridized carbons (Fsp3) is 0.565. The minimum Gasteiger partial charge on any atom is -0.497 e. The summed E-state index contributed by atoms with van der Waals surface area (Å²) >= 11 is 0.996. The van der Waals surface area contributed by atoms with Crippen LogP contribution in [0.5, 0.6) is 5.75 Å². The Morgan fingerprint density at radius 1 is 1.00 bits per heavy atom. The molecule has 1 rings (SSSR count). The summed E-state index contributed by atoms with van der Waals surface area (Å²) in [6.07, 6.45) is 0.815. The van der Waals surface area contributed by atoms with Crippen molar-refractivity contribution >= 4 is 34.6 Å². The largest absolute Gasteiger partial charge is 0.497 e. The first-order valence-electron chi connectivity index (χ1n) is 10.6. The van der Waals surface area contributed by atoms with Gasteiger partial charge < -0.3 is 20.7 Å². The van der Waals surface area contributed by atoms with Crippen molar-refractivity contribution in [3.05, 3.63) is 29.8 Å². The molecule has 1 aromatic carbocycles. The van der Waals surface area contributed by atoms with Crippen molar-refractivity contribution in [2.45, 2.75) is 51.3 Å². The van der Waals surface area contributed by atoms with E-state index in [1.165, 1.54) is 21.0 Å². The van der Waals surface area contributed by atoms with Crippen LogP contribution in [-0.4, -0.2) is 55.3 Å². The van der Waals surface area contributed by atoms with E-state index in [4.69, 9.17) is 4.74 Å². The number of rotatable bonds is 12. The summed E-state index contributed by atoms with van der Waals surface area (Å²) in [6.45, 7) is 5.37. The molecule has 3 N–H and O–H groups in total. The van der Waals surface area contributed by atoms with Crippen LogP contribution in [0, 0.1) is 11.8 Å². The maximum absolute atomic E-state index is 13.3. The SMILES string of the molecule is CNC(=O)C[C@H](SC(C)=O)[C@@H](CC(C)C)C(=O)N[C@@H](Cc1ccc(OC)cc1)C(=O)NC. The molecule has 1 aromatic rings. The van der Waals surface area contributed by atoms with Crippen LogP contribution in [0.4, 0.5) is 0 Å². The number of hydrogen-bond donors (Lipinski definition) is 3. The van der Waals surface area contributed by atoms with Crippen molar-refractivity contribution < 1.29 is 23.9 Å². The van der Waals surface area contributed by atoms with E-state index in [0.717, 1.165) is 17.3 Å². The fourth-order valence-corrected chi connectivity index (χ4v) is 4.42. The number of amides is 3. The van der Waals surface area contributed by atoms with Crippen molar-refractivity contribution in [2.75, 3.05) is 21.2 Å². The van der Waals surface area contributed by atoms with Gasteiger partial charge >= 0.3 is 0 Å². The average Bonchev–Trinajstić information content (AvgIpc) is 2.75. The van der Waals surface area contributed by atoms with Crippen LogP contribution in [0.25, 0.3) is 0 Å². The van der Waals surface area contributed by atoms with Gasteiger partial charge in [-0.1, -0.05) is 37.7 Å².